The molecule has 1 aromatic carbocycles. The molecule has 0 radical (unpaired) electrons. The van der Waals surface area contributed by atoms with E-state index in [1.807, 2.05) is 0 Å². The Hall–Kier alpha value is -2.68. The number of likely N-dealkylation sites (N-methyl/N-ethyl adjacent to an activating group) is 1. The lowest BCUT2D eigenvalue weighted by Gasteiger charge is -2.05. The molecule has 0 aliphatic rings. The van der Waals surface area contributed by atoms with Crippen LogP contribution in [0.25, 0.3) is 11.1 Å². The number of amides is 1. The van der Waals surface area contributed by atoms with Gasteiger partial charge in [0.1, 0.15) is 0 Å². The molecule has 23 heavy (non-hydrogen) atoms. The zero-order chi connectivity index (χ0) is 16.8. The molecule has 124 valence electrons. The summed E-state index contributed by atoms with van der Waals surface area (Å²) in [5.41, 5.74) is 0.515. The smallest absolute Gasteiger partial charge is 0.407 e. The van der Waals surface area contributed by atoms with Gasteiger partial charge >= 0.3 is 5.76 Å². The number of hydrogen-bond donors (Lipinski definition) is 2. The van der Waals surface area contributed by atoms with Crippen LogP contribution in [0.4, 0.5) is 5.69 Å². The Morgan fingerprint density at radius 1 is 1.39 bits per heavy atom. The van der Waals surface area contributed by atoms with E-state index in [0.717, 1.165) is 0 Å². The number of carbonyl (C=O) groups excluding carboxylic acids is 1. The van der Waals surface area contributed by atoms with Gasteiger partial charge in [-0.2, -0.15) is 0 Å². The minimum Gasteiger partial charge on any atom is -0.407 e. The number of nitro benzene ring substituents is 1. The second kappa shape index (κ2) is 7.54. The van der Waals surface area contributed by atoms with Gasteiger partial charge in [-0.3, -0.25) is 19.5 Å². The summed E-state index contributed by atoms with van der Waals surface area (Å²) in [4.78, 5) is 33.6. The maximum atomic E-state index is 11.8. The molecular weight excluding hydrogens is 304 g/mol. The predicted octanol–water partition coefficient (Wildman–Crippen LogP) is 0.619. The van der Waals surface area contributed by atoms with E-state index >= 15 is 0 Å². The number of oxazole rings is 1. The van der Waals surface area contributed by atoms with Crippen molar-refractivity contribution in [2.45, 2.75) is 19.4 Å². The highest BCUT2D eigenvalue weighted by Gasteiger charge is 2.14. The molecule has 0 bridgehead atoms. The van der Waals surface area contributed by atoms with E-state index in [0.29, 0.717) is 31.6 Å². The minimum atomic E-state index is -0.587. The number of non-ortho nitro benzene ring substituents is 1. The summed E-state index contributed by atoms with van der Waals surface area (Å²) in [5, 5.41) is 16.4. The molecular formula is C14H18N4O5. The third-order valence-corrected chi connectivity index (χ3v) is 3.35. The number of fused-ring (bicyclic) bond motifs is 1. The van der Waals surface area contributed by atoms with Crippen molar-refractivity contribution in [1.82, 2.24) is 15.2 Å². The standard InChI is InChI=1S/C14H18N4O5/c1-15-6-7-16-13(19)3-2-8-17-11-5-4-10(18(21)22)9-12(11)23-14(17)20/h4-5,9,15H,2-3,6-8H2,1H3,(H,16,19). The van der Waals surface area contributed by atoms with Crippen molar-refractivity contribution in [2.75, 3.05) is 20.1 Å². The highest BCUT2D eigenvalue weighted by atomic mass is 16.6. The van der Waals surface area contributed by atoms with Gasteiger partial charge in [0.2, 0.25) is 5.91 Å². The third kappa shape index (κ3) is 4.16. The van der Waals surface area contributed by atoms with Crippen LogP contribution in [0.5, 0.6) is 0 Å². The summed E-state index contributed by atoms with van der Waals surface area (Å²) < 4.78 is 6.40. The van der Waals surface area contributed by atoms with Gasteiger partial charge < -0.3 is 15.1 Å². The van der Waals surface area contributed by atoms with E-state index in [-0.39, 0.29) is 23.6 Å². The Morgan fingerprint density at radius 3 is 2.87 bits per heavy atom. The molecule has 0 aliphatic carbocycles. The number of rotatable bonds is 8. The first-order valence-electron chi connectivity index (χ1n) is 7.22. The zero-order valence-electron chi connectivity index (χ0n) is 12.7. The largest absolute Gasteiger partial charge is 0.419 e. The first-order valence-corrected chi connectivity index (χ1v) is 7.22. The fourth-order valence-electron chi connectivity index (χ4n) is 2.19. The van der Waals surface area contributed by atoms with Crippen molar-refractivity contribution in [3.05, 3.63) is 38.9 Å². The SMILES string of the molecule is CNCCNC(=O)CCCn1c(=O)oc2cc([N+](=O)[O-])ccc21. The minimum absolute atomic E-state index is 0.0864. The van der Waals surface area contributed by atoms with Gasteiger partial charge in [0.15, 0.2) is 5.58 Å². The second-order valence-corrected chi connectivity index (χ2v) is 4.99. The molecule has 2 aromatic rings. The molecule has 2 rings (SSSR count). The van der Waals surface area contributed by atoms with Crippen LogP contribution in [0, 0.1) is 10.1 Å². The summed E-state index contributed by atoms with van der Waals surface area (Å²) in [6, 6.07) is 4.02. The number of hydrogen-bond acceptors (Lipinski definition) is 6. The number of benzene rings is 1. The summed E-state index contributed by atoms with van der Waals surface area (Å²) in [5.74, 6) is -0.673. The molecule has 1 amide bonds. The fraction of sp³-hybridized carbons (Fsp3) is 0.429. The molecule has 0 spiro atoms. The van der Waals surface area contributed by atoms with Gasteiger partial charge in [0.05, 0.1) is 16.5 Å². The Labute approximate surface area is 131 Å². The lowest BCUT2D eigenvalue weighted by molar-refractivity contribution is -0.384. The van der Waals surface area contributed by atoms with Crippen LogP contribution in [0.2, 0.25) is 0 Å². The van der Waals surface area contributed by atoms with Crippen LogP contribution in [0.3, 0.4) is 0 Å². The molecule has 0 unspecified atom stereocenters. The van der Waals surface area contributed by atoms with Crippen LogP contribution in [0.15, 0.2) is 27.4 Å². The first kappa shape index (κ1) is 16.7. The van der Waals surface area contributed by atoms with E-state index in [4.69, 9.17) is 4.42 Å². The van der Waals surface area contributed by atoms with E-state index in [1.165, 1.54) is 22.8 Å². The molecule has 0 fully saturated rings. The van der Waals surface area contributed by atoms with Crippen LogP contribution < -0.4 is 16.4 Å². The number of nitro groups is 1. The molecule has 1 heterocycles. The van der Waals surface area contributed by atoms with Crippen molar-refractivity contribution in [3.63, 3.8) is 0 Å². The summed E-state index contributed by atoms with van der Waals surface area (Å²) in [6.45, 7) is 1.55. The number of nitrogens with one attached hydrogen (secondary N) is 2. The van der Waals surface area contributed by atoms with Crippen LogP contribution in [-0.4, -0.2) is 35.5 Å². The summed E-state index contributed by atoms with van der Waals surface area (Å²) in [6.07, 6.45) is 0.757. The molecule has 0 saturated carbocycles. The van der Waals surface area contributed by atoms with Gasteiger partial charge in [-0.05, 0) is 19.5 Å². The van der Waals surface area contributed by atoms with Gasteiger partial charge in [-0.1, -0.05) is 0 Å². The molecule has 1 aromatic heterocycles. The number of aryl methyl sites for hydroxylation is 1. The first-order chi connectivity index (χ1) is 11.0. The predicted molar refractivity (Wildman–Crippen MR) is 83.3 cm³/mol. The van der Waals surface area contributed by atoms with Gasteiger partial charge in [-0.15, -0.1) is 0 Å². The van der Waals surface area contributed by atoms with Crippen LogP contribution in [0.1, 0.15) is 12.8 Å². The third-order valence-electron chi connectivity index (χ3n) is 3.35. The lowest BCUT2D eigenvalue weighted by Crippen LogP contribution is -2.30. The van der Waals surface area contributed by atoms with Crippen LogP contribution in [-0.2, 0) is 11.3 Å². The normalized spacial score (nSPS) is 10.8. The Kier molecular flexibility index (Phi) is 5.47. The highest BCUT2D eigenvalue weighted by molar-refractivity contribution is 5.76. The van der Waals surface area contributed by atoms with Crippen molar-refractivity contribution in [2.24, 2.45) is 0 Å². The average molecular weight is 322 g/mol. The van der Waals surface area contributed by atoms with E-state index in [1.54, 1.807) is 7.05 Å². The van der Waals surface area contributed by atoms with Crippen molar-refractivity contribution >= 4 is 22.7 Å². The Balaban J connectivity index is 2.00. The number of aromatic nitrogens is 1. The highest BCUT2D eigenvalue weighted by Crippen LogP contribution is 2.20. The maximum absolute atomic E-state index is 11.8. The number of carbonyl (C=O) groups is 1. The topological polar surface area (TPSA) is 119 Å². The number of nitrogens with zero attached hydrogens (tertiary/aromatic N) is 2. The van der Waals surface area contributed by atoms with Crippen LogP contribution >= 0.6 is 0 Å². The van der Waals surface area contributed by atoms with Gasteiger partial charge in [0.25, 0.3) is 5.69 Å². The van der Waals surface area contributed by atoms with E-state index in [2.05, 4.69) is 10.6 Å². The molecule has 2 N–H and O–H groups in total. The van der Waals surface area contributed by atoms with E-state index < -0.39 is 10.7 Å². The molecule has 9 nitrogen and oxygen atoms in total. The Morgan fingerprint density at radius 2 is 2.17 bits per heavy atom. The molecule has 0 atom stereocenters. The van der Waals surface area contributed by atoms with Gasteiger partial charge in [-0.25, -0.2) is 4.79 Å². The van der Waals surface area contributed by atoms with Crippen molar-refractivity contribution in [3.8, 4) is 0 Å². The quantitative estimate of drug-likeness (QED) is 0.418. The zero-order valence-corrected chi connectivity index (χ0v) is 12.7. The summed E-state index contributed by atoms with van der Waals surface area (Å²) in [7, 11) is 1.80. The molecule has 9 heteroatoms. The Bertz CT molecular complexity index is 764. The van der Waals surface area contributed by atoms with E-state index in [9.17, 15) is 19.7 Å². The van der Waals surface area contributed by atoms with Crippen molar-refractivity contribution < 1.29 is 14.1 Å². The van der Waals surface area contributed by atoms with Gasteiger partial charge in [0, 0.05) is 32.1 Å². The average Bonchev–Trinajstić information content (AvgIpc) is 2.82. The second-order valence-electron chi connectivity index (χ2n) is 4.99. The van der Waals surface area contributed by atoms with Crippen molar-refractivity contribution in [1.29, 1.82) is 0 Å². The molecule has 0 saturated heterocycles. The lowest BCUT2D eigenvalue weighted by atomic mass is 10.2. The fourth-order valence-corrected chi connectivity index (χ4v) is 2.19. The summed E-state index contributed by atoms with van der Waals surface area (Å²) >= 11 is 0. The molecule has 0 aliphatic heterocycles. The maximum Gasteiger partial charge on any atom is 0.419 e. The monoisotopic (exact) mass is 322 g/mol.